The van der Waals surface area contributed by atoms with Crippen molar-refractivity contribution in [3.8, 4) is 0 Å². The van der Waals surface area contributed by atoms with Crippen LogP contribution in [-0.2, 0) is 16.4 Å². The fraction of sp³-hybridized carbons (Fsp3) is 0.474. The zero-order chi connectivity index (χ0) is 18.9. The van der Waals surface area contributed by atoms with E-state index in [1.807, 2.05) is 27.1 Å². The van der Waals surface area contributed by atoms with Gasteiger partial charge in [-0.2, -0.15) is 0 Å². The second kappa shape index (κ2) is 7.68. The highest BCUT2D eigenvalue weighted by atomic mass is 32.2. The van der Waals surface area contributed by atoms with Crippen LogP contribution in [0, 0.1) is 6.92 Å². The van der Waals surface area contributed by atoms with Gasteiger partial charge in [0.05, 0.1) is 0 Å². The fourth-order valence-corrected chi connectivity index (χ4v) is 5.79. The molecule has 0 saturated carbocycles. The van der Waals surface area contributed by atoms with E-state index in [-0.39, 0.29) is 6.04 Å². The van der Waals surface area contributed by atoms with Gasteiger partial charge >= 0.3 is 0 Å². The molecule has 0 bridgehead atoms. The van der Waals surface area contributed by atoms with Crippen molar-refractivity contribution in [3.05, 3.63) is 46.3 Å². The van der Waals surface area contributed by atoms with E-state index in [4.69, 9.17) is 0 Å². The highest BCUT2D eigenvalue weighted by Gasteiger charge is 2.22. The van der Waals surface area contributed by atoms with E-state index >= 15 is 0 Å². The Hall–Kier alpha value is -1.41. The Labute approximate surface area is 160 Å². The molecule has 7 heteroatoms. The largest absolute Gasteiger partial charge is 0.374 e. The van der Waals surface area contributed by atoms with Gasteiger partial charge in [-0.1, -0.05) is 12.1 Å². The lowest BCUT2D eigenvalue weighted by Gasteiger charge is -2.30. The number of rotatable bonds is 6. The van der Waals surface area contributed by atoms with Gasteiger partial charge in [-0.05, 0) is 63.2 Å². The molecule has 2 aromatic rings. The van der Waals surface area contributed by atoms with Crippen LogP contribution >= 0.6 is 11.3 Å². The number of thiophene rings is 1. The Morgan fingerprint density at radius 2 is 2.04 bits per heavy atom. The minimum atomic E-state index is -3.47. The molecule has 0 saturated heterocycles. The molecule has 1 atom stereocenters. The highest BCUT2D eigenvalue weighted by molar-refractivity contribution is 7.91. The molecule has 0 unspecified atom stereocenters. The maximum Gasteiger partial charge on any atom is 0.250 e. The second-order valence-corrected chi connectivity index (χ2v) is 10.4. The molecular weight excluding hydrogens is 366 g/mol. The number of likely N-dealkylation sites (N-methyl/N-ethyl adjacent to an activating group) is 1. The number of benzene rings is 1. The topological polar surface area (TPSA) is 52.7 Å². The Balaban J connectivity index is 1.80. The van der Waals surface area contributed by atoms with E-state index in [9.17, 15) is 8.42 Å². The number of nitrogens with one attached hydrogen (secondary N) is 1. The third-order valence-corrected chi connectivity index (χ3v) is 7.83. The van der Waals surface area contributed by atoms with Gasteiger partial charge in [0.1, 0.15) is 4.21 Å². The third kappa shape index (κ3) is 4.11. The molecule has 0 aliphatic carbocycles. The van der Waals surface area contributed by atoms with Gasteiger partial charge in [0.2, 0.25) is 10.0 Å². The van der Waals surface area contributed by atoms with Crippen molar-refractivity contribution >= 4 is 27.0 Å². The molecule has 26 heavy (non-hydrogen) atoms. The standard InChI is InChI=1S/C19H27N3O2S2/c1-14-7-10-19(25-14)26(23,24)20-13-18(21(2)3)16-8-9-17-15(12-16)6-5-11-22(17)4/h7-10,12,18,20H,5-6,11,13H2,1-4H3/t18-/m0/s1. The van der Waals surface area contributed by atoms with Crippen LogP contribution in [0.15, 0.2) is 34.5 Å². The third-order valence-electron chi connectivity index (χ3n) is 4.91. The molecule has 142 valence electrons. The first-order chi connectivity index (χ1) is 12.3. The van der Waals surface area contributed by atoms with Gasteiger partial charge in [-0.25, -0.2) is 13.1 Å². The molecule has 1 aromatic carbocycles. The SMILES string of the molecule is Cc1ccc(S(=O)(=O)NC[C@@H](c2ccc3c(c2)CCCN3C)N(C)C)s1. The highest BCUT2D eigenvalue weighted by Crippen LogP contribution is 2.30. The van der Waals surface area contributed by atoms with Crippen molar-refractivity contribution in [1.29, 1.82) is 0 Å². The minimum Gasteiger partial charge on any atom is -0.374 e. The smallest absolute Gasteiger partial charge is 0.250 e. The number of hydrogen-bond acceptors (Lipinski definition) is 5. The molecule has 0 radical (unpaired) electrons. The number of sulfonamides is 1. The maximum absolute atomic E-state index is 12.6. The Kier molecular flexibility index (Phi) is 5.72. The summed E-state index contributed by atoms with van der Waals surface area (Å²) in [5, 5.41) is 0. The Morgan fingerprint density at radius 1 is 1.27 bits per heavy atom. The van der Waals surface area contributed by atoms with Gasteiger partial charge in [-0.3, -0.25) is 0 Å². The van der Waals surface area contributed by atoms with Crippen LogP contribution in [0.4, 0.5) is 5.69 Å². The summed E-state index contributed by atoms with van der Waals surface area (Å²) in [6.45, 7) is 3.35. The van der Waals surface area contributed by atoms with Crippen molar-refractivity contribution in [2.45, 2.75) is 30.0 Å². The molecule has 0 fully saturated rings. The molecule has 2 heterocycles. The summed E-state index contributed by atoms with van der Waals surface area (Å²) in [7, 11) is 2.63. The van der Waals surface area contributed by atoms with Crippen LogP contribution in [0.3, 0.4) is 0 Å². The second-order valence-electron chi connectivity index (χ2n) is 7.11. The normalized spacial score (nSPS) is 16.0. The van der Waals surface area contributed by atoms with Gasteiger partial charge in [0.25, 0.3) is 0 Å². The molecule has 1 aliphatic heterocycles. The zero-order valence-corrected chi connectivity index (χ0v) is 17.5. The summed E-state index contributed by atoms with van der Waals surface area (Å²) < 4.78 is 28.3. The van der Waals surface area contributed by atoms with Gasteiger partial charge in [0, 0.05) is 36.7 Å². The van der Waals surface area contributed by atoms with Gasteiger partial charge in [0.15, 0.2) is 0 Å². The van der Waals surface area contributed by atoms with E-state index in [0.717, 1.165) is 29.8 Å². The monoisotopic (exact) mass is 393 g/mol. The predicted molar refractivity (Wildman–Crippen MR) is 109 cm³/mol. The molecule has 5 nitrogen and oxygen atoms in total. The number of anilines is 1. The first kappa shape index (κ1) is 19.4. The molecule has 0 amide bonds. The van der Waals surface area contributed by atoms with Crippen molar-refractivity contribution in [2.75, 3.05) is 39.1 Å². The average Bonchev–Trinajstić information content (AvgIpc) is 3.02. The van der Waals surface area contributed by atoms with Crippen LogP contribution < -0.4 is 9.62 Å². The first-order valence-electron chi connectivity index (χ1n) is 8.84. The number of aryl methyl sites for hydroxylation is 2. The Morgan fingerprint density at radius 3 is 2.69 bits per heavy atom. The van der Waals surface area contributed by atoms with E-state index in [0.29, 0.717) is 10.8 Å². The van der Waals surface area contributed by atoms with E-state index in [1.54, 1.807) is 6.07 Å². The summed E-state index contributed by atoms with van der Waals surface area (Å²) in [6.07, 6.45) is 2.23. The predicted octanol–water partition coefficient (Wildman–Crippen LogP) is 3.02. The van der Waals surface area contributed by atoms with Gasteiger partial charge < -0.3 is 9.80 Å². The first-order valence-corrected chi connectivity index (χ1v) is 11.1. The van der Waals surface area contributed by atoms with Crippen molar-refractivity contribution in [2.24, 2.45) is 0 Å². The lowest BCUT2D eigenvalue weighted by Crippen LogP contribution is -2.34. The zero-order valence-electron chi connectivity index (χ0n) is 15.8. The van der Waals surface area contributed by atoms with E-state index in [1.165, 1.54) is 22.6 Å². The van der Waals surface area contributed by atoms with Crippen LogP contribution in [-0.4, -0.2) is 47.6 Å². The van der Waals surface area contributed by atoms with Crippen molar-refractivity contribution < 1.29 is 8.42 Å². The molecule has 1 aromatic heterocycles. The summed E-state index contributed by atoms with van der Waals surface area (Å²) in [4.78, 5) is 5.35. The van der Waals surface area contributed by atoms with Crippen LogP contribution in [0.25, 0.3) is 0 Å². The molecule has 1 N–H and O–H groups in total. The minimum absolute atomic E-state index is 0.0108. The van der Waals surface area contributed by atoms with E-state index < -0.39 is 10.0 Å². The maximum atomic E-state index is 12.6. The Bertz CT molecular complexity index is 875. The van der Waals surface area contributed by atoms with Gasteiger partial charge in [-0.15, -0.1) is 11.3 Å². The lowest BCUT2D eigenvalue weighted by molar-refractivity contribution is 0.299. The molecule has 1 aliphatic rings. The van der Waals surface area contributed by atoms with Crippen LogP contribution in [0.5, 0.6) is 0 Å². The van der Waals surface area contributed by atoms with E-state index in [2.05, 4.69) is 39.8 Å². The summed E-state index contributed by atoms with van der Waals surface area (Å²) in [6, 6.07) is 10.0. The van der Waals surface area contributed by atoms with Crippen molar-refractivity contribution in [1.82, 2.24) is 9.62 Å². The number of fused-ring (bicyclic) bond motifs is 1. The molecule has 0 spiro atoms. The van der Waals surface area contributed by atoms with Crippen LogP contribution in [0.2, 0.25) is 0 Å². The average molecular weight is 394 g/mol. The van der Waals surface area contributed by atoms with Crippen molar-refractivity contribution in [3.63, 3.8) is 0 Å². The quantitative estimate of drug-likeness (QED) is 0.820. The summed E-state index contributed by atoms with van der Waals surface area (Å²) >= 11 is 1.30. The summed E-state index contributed by atoms with van der Waals surface area (Å²) in [5.74, 6) is 0. The number of hydrogen-bond donors (Lipinski definition) is 1. The lowest BCUT2D eigenvalue weighted by atomic mass is 9.96. The molecule has 3 rings (SSSR count). The molecular formula is C19H27N3O2S2. The fourth-order valence-electron chi connectivity index (χ4n) is 3.43. The summed E-state index contributed by atoms with van der Waals surface area (Å²) in [5.41, 5.74) is 3.78. The van der Waals surface area contributed by atoms with Crippen LogP contribution in [0.1, 0.15) is 28.5 Å². The number of nitrogens with zero attached hydrogens (tertiary/aromatic N) is 2.